The van der Waals surface area contributed by atoms with Crippen molar-refractivity contribution >= 4 is 17.3 Å². The lowest BCUT2D eigenvalue weighted by atomic mass is 10.1. The molecule has 0 spiro atoms. The third-order valence-corrected chi connectivity index (χ3v) is 3.77. The number of carbonyl (C=O) groups is 1. The van der Waals surface area contributed by atoms with Crippen LogP contribution in [-0.2, 0) is 9.47 Å². The fourth-order valence-electron chi connectivity index (χ4n) is 1.82. The average molecular weight is 277 g/mol. The van der Waals surface area contributed by atoms with Gasteiger partial charge >= 0.3 is 5.97 Å². The van der Waals surface area contributed by atoms with Crippen molar-refractivity contribution in [2.75, 3.05) is 14.2 Å². The van der Waals surface area contributed by atoms with E-state index in [1.807, 2.05) is 37.3 Å². The predicted molar refractivity (Wildman–Crippen MR) is 73.5 cm³/mol. The lowest BCUT2D eigenvalue weighted by Gasteiger charge is -2.12. The molecular formula is C14H15NO3S. The summed E-state index contributed by atoms with van der Waals surface area (Å²) in [5.74, 6) is -0.414. The summed E-state index contributed by atoms with van der Waals surface area (Å²) in [6, 6.07) is 9.79. The predicted octanol–water partition coefficient (Wildman–Crippen LogP) is 2.97. The highest BCUT2D eigenvalue weighted by Crippen LogP contribution is 2.30. The lowest BCUT2D eigenvalue weighted by molar-refractivity contribution is 0.0593. The number of carbonyl (C=O) groups excluding carboxylic acids is 1. The number of hydrogen-bond acceptors (Lipinski definition) is 5. The zero-order valence-corrected chi connectivity index (χ0v) is 11.9. The van der Waals surface area contributed by atoms with Crippen molar-refractivity contribution in [1.82, 2.24) is 4.98 Å². The van der Waals surface area contributed by atoms with Crippen LogP contribution in [0.15, 0.2) is 30.3 Å². The number of aromatic nitrogens is 1. The Kier molecular flexibility index (Phi) is 4.29. The third kappa shape index (κ3) is 2.83. The summed E-state index contributed by atoms with van der Waals surface area (Å²) in [7, 11) is 2.98. The van der Waals surface area contributed by atoms with Gasteiger partial charge in [-0.05, 0) is 12.5 Å². The van der Waals surface area contributed by atoms with Crippen LogP contribution in [0, 0.1) is 6.92 Å². The highest BCUT2D eigenvalue weighted by molar-refractivity contribution is 7.12. The van der Waals surface area contributed by atoms with Crippen molar-refractivity contribution in [2.45, 2.75) is 13.0 Å². The second kappa shape index (κ2) is 5.95. The van der Waals surface area contributed by atoms with Gasteiger partial charge in [-0.15, -0.1) is 11.3 Å². The van der Waals surface area contributed by atoms with Gasteiger partial charge in [0.1, 0.15) is 11.1 Å². The van der Waals surface area contributed by atoms with Gasteiger partial charge in [-0.1, -0.05) is 30.3 Å². The van der Waals surface area contributed by atoms with Gasteiger partial charge in [0.15, 0.2) is 5.69 Å². The minimum Gasteiger partial charge on any atom is -0.464 e. The zero-order chi connectivity index (χ0) is 13.8. The number of hydrogen-bond donors (Lipinski definition) is 0. The van der Waals surface area contributed by atoms with E-state index in [-0.39, 0.29) is 6.10 Å². The Morgan fingerprint density at radius 3 is 2.53 bits per heavy atom. The number of esters is 1. The molecule has 100 valence electrons. The molecule has 4 nitrogen and oxygen atoms in total. The van der Waals surface area contributed by atoms with E-state index in [1.165, 1.54) is 18.4 Å². The number of thiazole rings is 1. The molecule has 0 aliphatic heterocycles. The van der Waals surface area contributed by atoms with Crippen LogP contribution in [0.2, 0.25) is 0 Å². The number of nitrogens with zero attached hydrogens (tertiary/aromatic N) is 1. The van der Waals surface area contributed by atoms with E-state index in [9.17, 15) is 4.79 Å². The van der Waals surface area contributed by atoms with Crippen molar-refractivity contribution < 1.29 is 14.3 Å². The fourth-order valence-corrected chi connectivity index (χ4v) is 2.84. The minimum atomic E-state index is -0.414. The topological polar surface area (TPSA) is 48.4 Å². The maximum Gasteiger partial charge on any atom is 0.357 e. The zero-order valence-electron chi connectivity index (χ0n) is 11.0. The first-order chi connectivity index (χ1) is 9.17. The Bertz CT molecular complexity index is 565. The summed E-state index contributed by atoms with van der Waals surface area (Å²) in [5.41, 5.74) is 1.37. The van der Waals surface area contributed by atoms with Gasteiger partial charge in [-0.3, -0.25) is 0 Å². The van der Waals surface area contributed by atoms with Crippen LogP contribution >= 0.6 is 11.3 Å². The van der Waals surface area contributed by atoms with Gasteiger partial charge in [-0.2, -0.15) is 0 Å². The Hall–Kier alpha value is -1.72. The first kappa shape index (κ1) is 13.7. The van der Waals surface area contributed by atoms with Crippen LogP contribution in [0.3, 0.4) is 0 Å². The highest BCUT2D eigenvalue weighted by atomic mass is 32.1. The fraction of sp³-hybridized carbons (Fsp3) is 0.286. The number of benzene rings is 1. The largest absolute Gasteiger partial charge is 0.464 e. The summed E-state index contributed by atoms with van der Waals surface area (Å²) in [6.45, 7) is 1.85. The normalized spacial score (nSPS) is 12.2. The summed E-state index contributed by atoms with van der Waals surface area (Å²) < 4.78 is 10.2. The summed E-state index contributed by atoms with van der Waals surface area (Å²) in [5, 5.41) is 0.756. The maximum absolute atomic E-state index is 11.6. The van der Waals surface area contributed by atoms with Crippen LogP contribution in [0.1, 0.15) is 32.0 Å². The van der Waals surface area contributed by atoms with Crippen LogP contribution in [0.5, 0.6) is 0 Å². The quantitative estimate of drug-likeness (QED) is 0.806. The van der Waals surface area contributed by atoms with Crippen LogP contribution < -0.4 is 0 Å². The molecule has 0 fully saturated rings. The third-order valence-electron chi connectivity index (χ3n) is 2.75. The molecule has 1 aromatic carbocycles. The van der Waals surface area contributed by atoms with Gasteiger partial charge in [-0.25, -0.2) is 9.78 Å². The molecule has 0 aliphatic carbocycles. The van der Waals surface area contributed by atoms with Crippen molar-refractivity contribution in [1.29, 1.82) is 0 Å². The molecule has 0 aliphatic rings. The van der Waals surface area contributed by atoms with E-state index in [0.29, 0.717) is 5.69 Å². The van der Waals surface area contributed by atoms with E-state index in [1.54, 1.807) is 7.11 Å². The number of ether oxygens (including phenoxy) is 2. The van der Waals surface area contributed by atoms with Crippen molar-refractivity contribution in [3.05, 3.63) is 51.5 Å². The van der Waals surface area contributed by atoms with Gasteiger partial charge in [0.05, 0.1) is 7.11 Å². The molecular weight excluding hydrogens is 262 g/mol. The average Bonchev–Trinajstić information content (AvgIpc) is 2.82. The maximum atomic E-state index is 11.6. The molecule has 0 bridgehead atoms. The number of rotatable bonds is 4. The van der Waals surface area contributed by atoms with Crippen molar-refractivity contribution in [2.24, 2.45) is 0 Å². The molecule has 19 heavy (non-hydrogen) atoms. The van der Waals surface area contributed by atoms with Crippen LogP contribution in [-0.4, -0.2) is 25.2 Å². The molecule has 1 heterocycles. The molecule has 5 heteroatoms. The van der Waals surface area contributed by atoms with Crippen molar-refractivity contribution in [3.8, 4) is 0 Å². The molecule has 0 amide bonds. The van der Waals surface area contributed by atoms with E-state index in [2.05, 4.69) is 4.98 Å². The van der Waals surface area contributed by atoms with Gasteiger partial charge in [0, 0.05) is 12.0 Å². The molecule has 1 aromatic heterocycles. The number of aryl methyl sites for hydroxylation is 1. The van der Waals surface area contributed by atoms with E-state index >= 15 is 0 Å². The SMILES string of the molecule is COC(=O)c1nc(C(OC)c2ccccc2)sc1C. The van der Waals surface area contributed by atoms with Crippen molar-refractivity contribution in [3.63, 3.8) is 0 Å². The van der Waals surface area contributed by atoms with E-state index < -0.39 is 5.97 Å². The summed E-state index contributed by atoms with van der Waals surface area (Å²) in [6.07, 6.45) is -0.261. The second-order valence-electron chi connectivity index (χ2n) is 3.97. The molecule has 2 aromatic rings. The molecule has 0 radical (unpaired) electrons. The molecule has 1 unspecified atom stereocenters. The van der Waals surface area contributed by atoms with E-state index in [4.69, 9.17) is 9.47 Å². The standard InChI is InChI=1S/C14H15NO3S/c1-9-11(14(16)18-3)15-13(19-9)12(17-2)10-7-5-4-6-8-10/h4-8,12H,1-3H3. The van der Waals surface area contributed by atoms with Gasteiger partial charge in [0.25, 0.3) is 0 Å². The first-order valence-electron chi connectivity index (χ1n) is 5.80. The Balaban J connectivity index is 2.37. The first-order valence-corrected chi connectivity index (χ1v) is 6.62. The van der Waals surface area contributed by atoms with Crippen LogP contribution in [0.25, 0.3) is 0 Å². The van der Waals surface area contributed by atoms with E-state index in [0.717, 1.165) is 15.4 Å². The smallest absolute Gasteiger partial charge is 0.357 e. The second-order valence-corrected chi connectivity index (χ2v) is 5.21. The summed E-state index contributed by atoms with van der Waals surface area (Å²) >= 11 is 1.45. The van der Waals surface area contributed by atoms with Gasteiger partial charge < -0.3 is 9.47 Å². The Morgan fingerprint density at radius 1 is 1.26 bits per heavy atom. The Morgan fingerprint density at radius 2 is 1.95 bits per heavy atom. The van der Waals surface area contributed by atoms with Gasteiger partial charge in [0.2, 0.25) is 0 Å². The number of methoxy groups -OCH3 is 2. The molecule has 2 rings (SSSR count). The Labute approximate surface area is 116 Å². The minimum absolute atomic E-state index is 0.261. The molecule has 1 atom stereocenters. The summed E-state index contributed by atoms with van der Waals surface area (Å²) in [4.78, 5) is 16.8. The molecule has 0 N–H and O–H groups in total. The van der Waals surface area contributed by atoms with Crippen LogP contribution in [0.4, 0.5) is 0 Å². The lowest BCUT2D eigenvalue weighted by Crippen LogP contribution is -2.06. The molecule has 0 saturated heterocycles. The monoisotopic (exact) mass is 277 g/mol. The molecule has 0 saturated carbocycles. The highest BCUT2D eigenvalue weighted by Gasteiger charge is 2.22.